The largest absolute Gasteiger partial charge is 0.573 e. The molecule has 172 valence electrons. The van der Waals surface area contributed by atoms with Crippen LogP contribution in [0.5, 0.6) is 11.5 Å². The lowest BCUT2D eigenvalue weighted by molar-refractivity contribution is -0.274. The molecule has 0 aromatic heterocycles. The standard InChI is InChI=1S/C24H24F4O4/c1-13(23(29)30)22(14-5-6-14)15-3-2-4-17(9-15)31-12-16-10-19(16)20-11-18(7-8-21(20)25)32-24(26,27)28/h2-4,7-9,11,13-14,16,19,22H,5-6,10,12H2,1H3,(H,29,30)/t13-,16+,19-,22-/m0/s1. The Morgan fingerprint density at radius 2 is 1.91 bits per heavy atom. The van der Waals surface area contributed by atoms with E-state index in [2.05, 4.69) is 4.74 Å². The van der Waals surface area contributed by atoms with Crippen LogP contribution < -0.4 is 9.47 Å². The molecule has 4 atom stereocenters. The maximum Gasteiger partial charge on any atom is 0.573 e. The van der Waals surface area contributed by atoms with Crippen LogP contribution in [0.2, 0.25) is 0 Å². The van der Waals surface area contributed by atoms with Gasteiger partial charge in [0.05, 0.1) is 12.5 Å². The minimum atomic E-state index is -4.83. The van der Waals surface area contributed by atoms with E-state index in [1.165, 1.54) is 0 Å². The minimum Gasteiger partial charge on any atom is -0.493 e. The van der Waals surface area contributed by atoms with Crippen LogP contribution in [-0.4, -0.2) is 24.0 Å². The van der Waals surface area contributed by atoms with E-state index in [-0.39, 0.29) is 23.3 Å². The highest BCUT2D eigenvalue weighted by molar-refractivity contribution is 5.71. The molecule has 4 rings (SSSR count). The number of alkyl halides is 3. The Balaban J connectivity index is 1.39. The average molecular weight is 452 g/mol. The summed E-state index contributed by atoms with van der Waals surface area (Å²) in [7, 11) is 0. The van der Waals surface area contributed by atoms with E-state index in [0.717, 1.165) is 36.6 Å². The van der Waals surface area contributed by atoms with Gasteiger partial charge in [-0.1, -0.05) is 19.1 Å². The molecule has 2 saturated carbocycles. The fraction of sp³-hybridized carbons (Fsp3) is 0.458. The van der Waals surface area contributed by atoms with Gasteiger partial charge in [-0.3, -0.25) is 4.79 Å². The van der Waals surface area contributed by atoms with Crippen LogP contribution in [0.3, 0.4) is 0 Å². The number of halogens is 4. The minimum absolute atomic E-state index is 0.0218. The van der Waals surface area contributed by atoms with Gasteiger partial charge in [0.2, 0.25) is 0 Å². The molecule has 1 N–H and O–H groups in total. The lowest BCUT2D eigenvalue weighted by Crippen LogP contribution is -2.20. The number of rotatable bonds is 9. The molecule has 0 bridgehead atoms. The molecule has 0 aliphatic heterocycles. The van der Waals surface area contributed by atoms with Crippen molar-refractivity contribution in [3.05, 3.63) is 59.4 Å². The molecule has 32 heavy (non-hydrogen) atoms. The Hall–Kier alpha value is -2.77. The predicted molar refractivity (Wildman–Crippen MR) is 108 cm³/mol. The SMILES string of the molecule is C[C@H](C(=O)O)[C@H](c1cccc(OC[C@H]2C[C@@H]2c2cc(OC(F)(F)F)ccc2F)c1)C1CC1. The Kier molecular flexibility index (Phi) is 6.05. The smallest absolute Gasteiger partial charge is 0.493 e. The van der Waals surface area contributed by atoms with Crippen molar-refractivity contribution >= 4 is 5.97 Å². The third-order valence-corrected chi connectivity index (χ3v) is 6.29. The topological polar surface area (TPSA) is 55.8 Å². The van der Waals surface area contributed by atoms with Gasteiger partial charge in [-0.05, 0) is 78.5 Å². The van der Waals surface area contributed by atoms with Gasteiger partial charge in [0.15, 0.2) is 0 Å². The highest BCUT2D eigenvalue weighted by Gasteiger charge is 2.42. The summed E-state index contributed by atoms with van der Waals surface area (Å²) in [5.41, 5.74) is 1.12. The number of benzene rings is 2. The van der Waals surface area contributed by atoms with E-state index in [0.29, 0.717) is 24.7 Å². The first kappa shape index (κ1) is 22.4. The summed E-state index contributed by atoms with van der Waals surface area (Å²) in [5, 5.41) is 9.45. The molecule has 2 aromatic rings. The third kappa shape index (κ3) is 5.34. The Morgan fingerprint density at radius 1 is 1.16 bits per heavy atom. The van der Waals surface area contributed by atoms with Crippen LogP contribution >= 0.6 is 0 Å². The number of hydrogen-bond acceptors (Lipinski definition) is 3. The normalized spacial score (nSPS) is 22.2. The summed E-state index contributed by atoms with van der Waals surface area (Å²) in [4.78, 5) is 11.5. The van der Waals surface area contributed by atoms with E-state index in [4.69, 9.17) is 4.74 Å². The Bertz CT molecular complexity index is 986. The van der Waals surface area contributed by atoms with Crippen molar-refractivity contribution < 1.29 is 36.9 Å². The molecule has 0 heterocycles. The quantitative estimate of drug-likeness (QED) is 0.466. The molecule has 0 amide bonds. The molecule has 0 spiro atoms. The fourth-order valence-corrected chi connectivity index (χ4v) is 4.41. The summed E-state index contributed by atoms with van der Waals surface area (Å²) in [6.45, 7) is 2.01. The van der Waals surface area contributed by atoms with Crippen LogP contribution in [-0.2, 0) is 4.79 Å². The first-order valence-corrected chi connectivity index (χ1v) is 10.6. The van der Waals surface area contributed by atoms with Crippen LogP contribution in [0.15, 0.2) is 42.5 Å². The second-order valence-corrected chi connectivity index (χ2v) is 8.71. The van der Waals surface area contributed by atoms with Crippen LogP contribution in [0.25, 0.3) is 0 Å². The Labute approximate surface area is 183 Å². The zero-order chi connectivity index (χ0) is 23.0. The number of carboxylic acids is 1. The van der Waals surface area contributed by atoms with Gasteiger partial charge in [-0.2, -0.15) is 0 Å². The van der Waals surface area contributed by atoms with E-state index in [9.17, 15) is 27.5 Å². The predicted octanol–water partition coefficient (Wildman–Crippen LogP) is 6.12. The molecule has 8 heteroatoms. The molecule has 2 aliphatic carbocycles. The summed E-state index contributed by atoms with van der Waals surface area (Å²) in [5.74, 6) is -1.70. The number of hydrogen-bond donors (Lipinski definition) is 1. The van der Waals surface area contributed by atoms with E-state index < -0.39 is 29.8 Å². The molecule has 2 aromatic carbocycles. The van der Waals surface area contributed by atoms with E-state index in [1.807, 2.05) is 18.2 Å². The zero-order valence-corrected chi connectivity index (χ0v) is 17.4. The molecule has 0 saturated heterocycles. The number of carboxylic acid groups (broad SMARTS) is 1. The average Bonchev–Trinajstić information content (AvgIpc) is 3.63. The number of ether oxygens (including phenoxy) is 2. The first-order valence-electron chi connectivity index (χ1n) is 10.6. The van der Waals surface area contributed by atoms with Crippen molar-refractivity contribution in [3.8, 4) is 11.5 Å². The van der Waals surface area contributed by atoms with Gasteiger partial charge < -0.3 is 14.6 Å². The molecule has 2 aliphatic rings. The molecule has 4 nitrogen and oxygen atoms in total. The second-order valence-electron chi connectivity index (χ2n) is 8.71. The zero-order valence-electron chi connectivity index (χ0n) is 17.4. The van der Waals surface area contributed by atoms with Crippen molar-refractivity contribution in [2.45, 2.75) is 44.4 Å². The number of aliphatic carboxylic acids is 1. The van der Waals surface area contributed by atoms with E-state index >= 15 is 0 Å². The van der Waals surface area contributed by atoms with Crippen molar-refractivity contribution in [2.75, 3.05) is 6.61 Å². The van der Waals surface area contributed by atoms with Gasteiger partial charge >= 0.3 is 12.3 Å². The Morgan fingerprint density at radius 3 is 2.56 bits per heavy atom. The fourth-order valence-electron chi connectivity index (χ4n) is 4.41. The highest BCUT2D eigenvalue weighted by Crippen LogP contribution is 2.50. The second kappa shape index (κ2) is 8.64. The molecule has 0 radical (unpaired) electrons. The van der Waals surface area contributed by atoms with Gasteiger partial charge in [-0.25, -0.2) is 4.39 Å². The monoisotopic (exact) mass is 452 g/mol. The first-order chi connectivity index (χ1) is 15.1. The van der Waals surface area contributed by atoms with E-state index in [1.54, 1.807) is 13.0 Å². The van der Waals surface area contributed by atoms with Gasteiger partial charge in [-0.15, -0.1) is 13.2 Å². The third-order valence-electron chi connectivity index (χ3n) is 6.29. The summed E-state index contributed by atoms with van der Waals surface area (Å²) in [6, 6.07) is 10.4. The highest BCUT2D eigenvalue weighted by atomic mass is 19.4. The van der Waals surface area contributed by atoms with Crippen molar-refractivity contribution in [2.24, 2.45) is 17.8 Å². The maximum atomic E-state index is 14.2. The van der Waals surface area contributed by atoms with Gasteiger partial charge in [0.1, 0.15) is 17.3 Å². The molecular formula is C24H24F4O4. The lowest BCUT2D eigenvalue weighted by Gasteiger charge is -2.21. The molecular weight excluding hydrogens is 428 g/mol. The van der Waals surface area contributed by atoms with Gasteiger partial charge in [0, 0.05) is 5.92 Å². The van der Waals surface area contributed by atoms with Crippen LogP contribution in [0.4, 0.5) is 17.6 Å². The van der Waals surface area contributed by atoms with Crippen molar-refractivity contribution in [1.82, 2.24) is 0 Å². The number of carbonyl (C=O) groups is 1. The summed E-state index contributed by atoms with van der Waals surface area (Å²) < 4.78 is 61.3. The van der Waals surface area contributed by atoms with Crippen LogP contribution in [0, 0.1) is 23.6 Å². The lowest BCUT2D eigenvalue weighted by atomic mass is 9.83. The van der Waals surface area contributed by atoms with Crippen molar-refractivity contribution in [3.63, 3.8) is 0 Å². The molecule has 2 fully saturated rings. The maximum absolute atomic E-state index is 14.2. The van der Waals surface area contributed by atoms with Gasteiger partial charge in [0.25, 0.3) is 0 Å². The van der Waals surface area contributed by atoms with Crippen molar-refractivity contribution in [1.29, 1.82) is 0 Å². The molecule has 0 unspecified atom stereocenters. The summed E-state index contributed by atoms with van der Waals surface area (Å²) >= 11 is 0. The summed E-state index contributed by atoms with van der Waals surface area (Å²) in [6.07, 6.45) is -2.20. The van der Waals surface area contributed by atoms with Crippen LogP contribution in [0.1, 0.15) is 49.1 Å².